The first-order valence-electron chi connectivity index (χ1n) is 9.94. The Bertz CT molecular complexity index is 948. The van der Waals surface area contributed by atoms with E-state index in [0.717, 1.165) is 11.3 Å². The zero-order chi connectivity index (χ0) is 22.1. The van der Waals surface area contributed by atoms with Crippen LogP contribution < -0.4 is 10.1 Å². The van der Waals surface area contributed by atoms with Crippen LogP contribution in [0.4, 0.5) is 0 Å². The van der Waals surface area contributed by atoms with E-state index in [-0.39, 0.29) is 0 Å². The normalized spacial score (nSPS) is 10.9. The largest absolute Gasteiger partial charge is 0.497 e. The summed E-state index contributed by atoms with van der Waals surface area (Å²) in [6, 6.07) is 24.6. The number of aliphatic hydroxyl groups is 1. The fourth-order valence-electron chi connectivity index (χ4n) is 3.19. The summed E-state index contributed by atoms with van der Waals surface area (Å²) in [5.74, 6) is -0.579. The van der Waals surface area contributed by atoms with Crippen molar-refractivity contribution in [3.8, 4) is 5.75 Å². The van der Waals surface area contributed by atoms with Crippen LogP contribution in [0.2, 0.25) is 0 Å². The van der Waals surface area contributed by atoms with E-state index in [9.17, 15) is 14.7 Å². The molecule has 2 N–H and O–H groups in total. The molecular formula is C25H25NO5. The second-order valence-corrected chi connectivity index (χ2v) is 6.97. The summed E-state index contributed by atoms with van der Waals surface area (Å²) in [4.78, 5) is 25.0. The standard InChI is InChI=1S/C25H25NO5/c1-30-22-14-12-19(13-15-22)16-17-26-23(27)18-31-24(28)25(29,20-8-4-2-5-9-20)21-10-6-3-7-11-21/h2-15,29H,16-18H2,1H3,(H,26,27). The molecule has 0 saturated heterocycles. The van der Waals surface area contributed by atoms with Crippen molar-refractivity contribution in [3.05, 3.63) is 102 Å². The molecule has 3 aromatic rings. The van der Waals surface area contributed by atoms with Crippen molar-refractivity contribution in [2.24, 2.45) is 0 Å². The first-order valence-corrected chi connectivity index (χ1v) is 9.94. The molecule has 1 amide bonds. The maximum absolute atomic E-state index is 12.9. The van der Waals surface area contributed by atoms with Gasteiger partial charge in [0.15, 0.2) is 6.61 Å². The van der Waals surface area contributed by atoms with E-state index >= 15 is 0 Å². The van der Waals surface area contributed by atoms with E-state index in [2.05, 4.69) is 5.32 Å². The number of hydrogen-bond donors (Lipinski definition) is 2. The van der Waals surface area contributed by atoms with Crippen LogP contribution in [-0.4, -0.2) is 37.2 Å². The van der Waals surface area contributed by atoms with Crippen LogP contribution in [0.5, 0.6) is 5.75 Å². The highest BCUT2D eigenvalue weighted by Crippen LogP contribution is 2.30. The summed E-state index contributed by atoms with van der Waals surface area (Å²) >= 11 is 0. The SMILES string of the molecule is COc1ccc(CCNC(=O)COC(=O)C(O)(c2ccccc2)c2ccccc2)cc1. The predicted octanol–water partition coefficient (Wildman–Crippen LogP) is 2.83. The molecule has 0 atom stereocenters. The van der Waals surface area contributed by atoms with Crippen molar-refractivity contribution in [3.63, 3.8) is 0 Å². The van der Waals surface area contributed by atoms with Crippen molar-refractivity contribution in [2.45, 2.75) is 12.0 Å². The summed E-state index contributed by atoms with van der Waals surface area (Å²) in [5.41, 5.74) is -0.232. The van der Waals surface area contributed by atoms with Crippen molar-refractivity contribution < 1.29 is 24.2 Å². The third kappa shape index (κ3) is 5.49. The fraction of sp³-hybridized carbons (Fsp3) is 0.200. The van der Waals surface area contributed by atoms with Crippen LogP contribution in [0.25, 0.3) is 0 Å². The zero-order valence-electron chi connectivity index (χ0n) is 17.3. The van der Waals surface area contributed by atoms with Gasteiger partial charge in [0.05, 0.1) is 7.11 Å². The molecule has 0 aromatic heterocycles. The molecule has 31 heavy (non-hydrogen) atoms. The van der Waals surface area contributed by atoms with Gasteiger partial charge in [0, 0.05) is 6.54 Å². The molecule has 0 heterocycles. The lowest BCUT2D eigenvalue weighted by molar-refractivity contribution is -0.164. The Morgan fingerprint density at radius 3 is 1.94 bits per heavy atom. The summed E-state index contributed by atoms with van der Waals surface area (Å²) < 4.78 is 10.3. The number of ether oxygens (including phenoxy) is 2. The molecule has 0 aliphatic rings. The predicted molar refractivity (Wildman–Crippen MR) is 117 cm³/mol. The Morgan fingerprint density at radius 1 is 0.871 bits per heavy atom. The third-order valence-electron chi connectivity index (χ3n) is 4.91. The summed E-state index contributed by atoms with van der Waals surface area (Å²) in [6.07, 6.45) is 0.627. The van der Waals surface area contributed by atoms with Crippen molar-refractivity contribution in [2.75, 3.05) is 20.3 Å². The van der Waals surface area contributed by atoms with Gasteiger partial charge in [-0.1, -0.05) is 72.8 Å². The number of carbonyl (C=O) groups excluding carboxylic acids is 2. The Morgan fingerprint density at radius 2 is 1.42 bits per heavy atom. The lowest BCUT2D eigenvalue weighted by Crippen LogP contribution is -2.40. The maximum atomic E-state index is 12.9. The third-order valence-corrected chi connectivity index (χ3v) is 4.91. The van der Waals surface area contributed by atoms with Crippen LogP contribution in [0.15, 0.2) is 84.9 Å². The minimum Gasteiger partial charge on any atom is -0.497 e. The number of carbonyl (C=O) groups is 2. The van der Waals surface area contributed by atoms with Gasteiger partial charge in [-0.25, -0.2) is 4.79 Å². The maximum Gasteiger partial charge on any atom is 0.348 e. The van der Waals surface area contributed by atoms with Gasteiger partial charge in [0.25, 0.3) is 5.91 Å². The van der Waals surface area contributed by atoms with Crippen LogP contribution in [-0.2, 0) is 26.3 Å². The Balaban J connectivity index is 1.58. The lowest BCUT2D eigenvalue weighted by Gasteiger charge is -2.26. The molecule has 0 bridgehead atoms. The second-order valence-electron chi connectivity index (χ2n) is 6.97. The van der Waals surface area contributed by atoms with Crippen LogP contribution in [0, 0.1) is 0 Å². The van der Waals surface area contributed by atoms with Gasteiger partial charge in [-0.2, -0.15) is 0 Å². The van der Waals surface area contributed by atoms with Gasteiger partial charge in [0.1, 0.15) is 5.75 Å². The van der Waals surface area contributed by atoms with Crippen molar-refractivity contribution in [1.29, 1.82) is 0 Å². The van der Waals surface area contributed by atoms with E-state index in [1.807, 2.05) is 24.3 Å². The highest BCUT2D eigenvalue weighted by molar-refractivity contribution is 5.88. The van der Waals surface area contributed by atoms with E-state index in [1.54, 1.807) is 67.8 Å². The number of methoxy groups -OCH3 is 1. The molecule has 0 radical (unpaired) electrons. The van der Waals surface area contributed by atoms with Crippen molar-refractivity contribution in [1.82, 2.24) is 5.32 Å². The molecule has 0 aliphatic carbocycles. The summed E-state index contributed by atoms with van der Waals surface area (Å²) in [5, 5.41) is 14.0. The van der Waals surface area contributed by atoms with Gasteiger partial charge in [-0.15, -0.1) is 0 Å². The Labute approximate surface area is 181 Å². The molecule has 6 nitrogen and oxygen atoms in total. The smallest absolute Gasteiger partial charge is 0.348 e. The number of amides is 1. The Kier molecular flexibility index (Phi) is 7.40. The van der Waals surface area contributed by atoms with E-state index in [1.165, 1.54) is 0 Å². The minimum atomic E-state index is -2.01. The van der Waals surface area contributed by atoms with E-state index in [4.69, 9.17) is 9.47 Å². The summed E-state index contributed by atoms with van der Waals surface area (Å²) in [6.45, 7) is -0.0895. The van der Waals surface area contributed by atoms with Gasteiger partial charge in [-0.05, 0) is 35.2 Å². The average molecular weight is 419 g/mol. The van der Waals surface area contributed by atoms with E-state index < -0.39 is 24.1 Å². The molecular weight excluding hydrogens is 394 g/mol. The highest BCUT2D eigenvalue weighted by Gasteiger charge is 2.41. The summed E-state index contributed by atoms with van der Waals surface area (Å²) in [7, 11) is 1.60. The quantitative estimate of drug-likeness (QED) is 0.521. The van der Waals surface area contributed by atoms with E-state index in [0.29, 0.717) is 24.1 Å². The van der Waals surface area contributed by atoms with Gasteiger partial charge < -0.3 is 19.9 Å². The van der Waals surface area contributed by atoms with Crippen LogP contribution in [0.3, 0.4) is 0 Å². The molecule has 6 heteroatoms. The molecule has 3 rings (SSSR count). The molecule has 0 aliphatic heterocycles. The van der Waals surface area contributed by atoms with Gasteiger partial charge in [-0.3, -0.25) is 4.79 Å². The average Bonchev–Trinajstić information content (AvgIpc) is 2.83. The lowest BCUT2D eigenvalue weighted by atomic mass is 9.86. The van der Waals surface area contributed by atoms with Gasteiger partial charge in [0.2, 0.25) is 5.60 Å². The number of nitrogens with one attached hydrogen (secondary N) is 1. The number of hydrogen-bond acceptors (Lipinski definition) is 5. The fourth-order valence-corrected chi connectivity index (χ4v) is 3.19. The monoisotopic (exact) mass is 419 g/mol. The number of rotatable bonds is 9. The first-order chi connectivity index (χ1) is 15.0. The molecule has 0 fully saturated rings. The van der Waals surface area contributed by atoms with Gasteiger partial charge >= 0.3 is 5.97 Å². The molecule has 0 spiro atoms. The molecule has 3 aromatic carbocycles. The first kappa shape index (κ1) is 22.1. The number of benzene rings is 3. The van der Waals surface area contributed by atoms with Crippen molar-refractivity contribution >= 4 is 11.9 Å². The van der Waals surface area contributed by atoms with Crippen LogP contribution in [0.1, 0.15) is 16.7 Å². The van der Waals surface area contributed by atoms with Crippen LogP contribution >= 0.6 is 0 Å². The topological polar surface area (TPSA) is 84.9 Å². The second kappa shape index (κ2) is 10.4. The zero-order valence-corrected chi connectivity index (χ0v) is 17.3. The minimum absolute atomic E-state index is 0.367. The molecule has 0 saturated carbocycles. The highest BCUT2D eigenvalue weighted by atomic mass is 16.6. The molecule has 160 valence electrons. The Hall–Kier alpha value is -3.64. The molecule has 0 unspecified atom stereocenters. The number of esters is 1.